The van der Waals surface area contributed by atoms with Crippen LogP contribution >= 0.6 is 24.0 Å². The summed E-state index contributed by atoms with van der Waals surface area (Å²) in [5.74, 6) is -0.948. The largest absolute Gasteiger partial charge is 0.488 e. The van der Waals surface area contributed by atoms with E-state index in [9.17, 15) is 14.7 Å². The summed E-state index contributed by atoms with van der Waals surface area (Å²) in [6.45, 7) is 2.42. The fraction of sp³-hybridized carbons (Fsp3) is 0.115. The van der Waals surface area contributed by atoms with Crippen LogP contribution in [-0.4, -0.2) is 26.2 Å². The summed E-state index contributed by atoms with van der Waals surface area (Å²) in [5.41, 5.74) is 3.42. The third kappa shape index (κ3) is 5.16. The monoisotopic (exact) mass is 475 g/mol. The van der Waals surface area contributed by atoms with E-state index in [1.807, 2.05) is 55.5 Å². The highest BCUT2D eigenvalue weighted by Crippen LogP contribution is 2.39. The van der Waals surface area contributed by atoms with Gasteiger partial charge in [-0.05, 0) is 30.2 Å². The van der Waals surface area contributed by atoms with Crippen LogP contribution < -0.4 is 4.74 Å². The molecule has 0 aliphatic carbocycles. The molecule has 0 unspecified atom stereocenters. The third-order valence-electron chi connectivity index (χ3n) is 5.15. The van der Waals surface area contributed by atoms with Gasteiger partial charge in [0.05, 0.1) is 4.91 Å². The van der Waals surface area contributed by atoms with Crippen LogP contribution in [0.4, 0.5) is 0 Å². The molecule has 1 fully saturated rings. The number of hydrogen-bond donors (Lipinski definition) is 1. The van der Waals surface area contributed by atoms with Crippen molar-refractivity contribution in [2.45, 2.75) is 19.6 Å². The van der Waals surface area contributed by atoms with Crippen LogP contribution in [0.25, 0.3) is 6.08 Å². The van der Waals surface area contributed by atoms with Crippen molar-refractivity contribution in [3.05, 3.63) is 106 Å². The predicted molar refractivity (Wildman–Crippen MR) is 134 cm³/mol. The molecule has 0 radical (unpaired) electrons. The lowest BCUT2D eigenvalue weighted by atomic mass is 10.1. The number of carboxylic acids is 1. The van der Waals surface area contributed by atoms with Crippen molar-refractivity contribution in [1.29, 1.82) is 0 Å². The minimum atomic E-state index is -1.18. The van der Waals surface area contributed by atoms with Crippen LogP contribution in [0, 0.1) is 6.92 Å². The number of aliphatic carboxylic acids is 1. The maximum atomic E-state index is 13.2. The first kappa shape index (κ1) is 22.8. The molecule has 5 nitrogen and oxygen atoms in total. The fourth-order valence-electron chi connectivity index (χ4n) is 3.46. The second-order valence-corrected chi connectivity index (χ2v) is 9.19. The van der Waals surface area contributed by atoms with Crippen molar-refractivity contribution >= 4 is 46.3 Å². The van der Waals surface area contributed by atoms with E-state index in [-0.39, 0.29) is 4.32 Å². The van der Waals surface area contributed by atoms with Crippen LogP contribution in [-0.2, 0) is 16.2 Å². The molecule has 1 aliphatic rings. The van der Waals surface area contributed by atoms with Crippen molar-refractivity contribution in [2.24, 2.45) is 0 Å². The highest BCUT2D eigenvalue weighted by molar-refractivity contribution is 8.26. The molecule has 166 valence electrons. The number of thioether (sulfide) groups is 1. The van der Waals surface area contributed by atoms with Crippen LogP contribution in [0.15, 0.2) is 83.8 Å². The van der Waals surface area contributed by atoms with Crippen LogP contribution in [0.3, 0.4) is 0 Å². The predicted octanol–water partition coefficient (Wildman–Crippen LogP) is 5.60. The number of amides is 1. The smallest absolute Gasteiger partial charge is 0.331 e. The number of thiocarbonyl (C=S) groups is 1. The number of nitrogens with zero attached hydrogens (tertiary/aromatic N) is 1. The van der Waals surface area contributed by atoms with Crippen molar-refractivity contribution < 1.29 is 19.4 Å². The zero-order valence-corrected chi connectivity index (χ0v) is 19.4. The van der Waals surface area contributed by atoms with Gasteiger partial charge in [-0.1, -0.05) is 102 Å². The Hall–Kier alpha value is -3.42. The summed E-state index contributed by atoms with van der Waals surface area (Å²) in [6.07, 6.45) is 1.70. The van der Waals surface area contributed by atoms with Gasteiger partial charge < -0.3 is 9.84 Å². The Morgan fingerprint density at radius 3 is 2.42 bits per heavy atom. The van der Waals surface area contributed by atoms with Gasteiger partial charge in [-0.3, -0.25) is 9.69 Å². The van der Waals surface area contributed by atoms with Crippen LogP contribution in [0.5, 0.6) is 5.75 Å². The SMILES string of the molecule is Cc1ccc(COc2ccccc2/C=C2\SC(=S)N([C@@H](C(=O)O)c3ccccc3)C2=O)cc1. The number of carboxylic acid groups (broad SMARTS) is 1. The molecule has 0 aromatic heterocycles. The van der Waals surface area contributed by atoms with E-state index < -0.39 is 17.9 Å². The van der Waals surface area contributed by atoms with Crippen molar-refractivity contribution in [1.82, 2.24) is 4.90 Å². The van der Waals surface area contributed by atoms with Gasteiger partial charge in [0, 0.05) is 5.56 Å². The molecule has 0 saturated carbocycles. The minimum Gasteiger partial charge on any atom is -0.488 e. The molecule has 0 spiro atoms. The summed E-state index contributed by atoms with van der Waals surface area (Å²) >= 11 is 6.49. The van der Waals surface area contributed by atoms with E-state index in [4.69, 9.17) is 17.0 Å². The normalized spacial score (nSPS) is 15.7. The molecule has 1 amide bonds. The molecule has 1 atom stereocenters. The van der Waals surface area contributed by atoms with Crippen molar-refractivity contribution in [3.8, 4) is 5.75 Å². The number of para-hydroxylation sites is 1. The Bertz CT molecular complexity index is 1220. The Labute approximate surface area is 201 Å². The lowest BCUT2D eigenvalue weighted by molar-refractivity contribution is -0.145. The average molecular weight is 476 g/mol. The Kier molecular flexibility index (Phi) is 6.91. The number of carbonyl (C=O) groups is 2. The molecule has 4 rings (SSSR count). The number of rotatable bonds is 7. The van der Waals surface area contributed by atoms with E-state index in [0.29, 0.717) is 22.8 Å². The first-order chi connectivity index (χ1) is 15.9. The summed E-state index contributed by atoms with van der Waals surface area (Å²) in [4.78, 5) is 26.8. The Morgan fingerprint density at radius 1 is 1.06 bits per heavy atom. The molecule has 3 aromatic carbocycles. The van der Waals surface area contributed by atoms with Crippen molar-refractivity contribution in [2.75, 3.05) is 0 Å². The maximum absolute atomic E-state index is 13.2. The molecule has 3 aromatic rings. The van der Waals surface area contributed by atoms with Crippen LogP contribution in [0.2, 0.25) is 0 Å². The zero-order chi connectivity index (χ0) is 23.4. The average Bonchev–Trinajstić information content (AvgIpc) is 3.08. The molecule has 33 heavy (non-hydrogen) atoms. The number of carbonyl (C=O) groups excluding carboxylic acids is 1. The van der Waals surface area contributed by atoms with E-state index in [0.717, 1.165) is 22.9 Å². The van der Waals surface area contributed by atoms with Gasteiger partial charge in [-0.15, -0.1) is 0 Å². The van der Waals surface area contributed by atoms with Crippen LogP contribution in [0.1, 0.15) is 28.3 Å². The van der Waals surface area contributed by atoms with Gasteiger partial charge in [-0.2, -0.15) is 0 Å². The van der Waals surface area contributed by atoms with Crippen molar-refractivity contribution in [3.63, 3.8) is 0 Å². The Balaban J connectivity index is 1.59. The third-order valence-corrected chi connectivity index (χ3v) is 6.48. The molecular formula is C26H21NO4S2. The molecule has 1 saturated heterocycles. The highest BCUT2D eigenvalue weighted by Gasteiger charge is 2.41. The van der Waals surface area contributed by atoms with E-state index in [2.05, 4.69) is 0 Å². The number of aryl methyl sites for hydroxylation is 1. The molecular weight excluding hydrogens is 454 g/mol. The standard InChI is InChI=1S/C26H21NO4S2/c1-17-11-13-18(14-12-17)16-31-21-10-6-5-9-20(21)15-22-24(28)27(26(32)33-22)23(25(29)30)19-7-3-2-4-8-19/h2-15,23H,16H2,1H3,(H,29,30)/b22-15-/t23-/m1/s1. The van der Waals surface area contributed by atoms with Gasteiger partial charge in [0.1, 0.15) is 16.7 Å². The minimum absolute atomic E-state index is 0.209. The molecule has 1 aliphatic heterocycles. The van der Waals surface area contributed by atoms with Gasteiger partial charge in [0.2, 0.25) is 0 Å². The zero-order valence-electron chi connectivity index (χ0n) is 17.8. The first-order valence-electron chi connectivity index (χ1n) is 10.3. The van der Waals surface area contributed by atoms with Gasteiger partial charge in [0.15, 0.2) is 6.04 Å². The van der Waals surface area contributed by atoms with Gasteiger partial charge >= 0.3 is 5.97 Å². The maximum Gasteiger partial charge on any atom is 0.331 e. The number of ether oxygens (including phenoxy) is 1. The molecule has 1 N–H and O–H groups in total. The first-order valence-corrected chi connectivity index (χ1v) is 11.5. The number of hydrogen-bond acceptors (Lipinski definition) is 5. The molecule has 1 heterocycles. The topological polar surface area (TPSA) is 66.8 Å². The van der Waals surface area contributed by atoms with Gasteiger partial charge in [-0.25, -0.2) is 4.79 Å². The summed E-state index contributed by atoms with van der Waals surface area (Å²) in [6, 6.07) is 22.9. The van der Waals surface area contributed by atoms with E-state index in [1.54, 1.807) is 36.4 Å². The number of benzene rings is 3. The fourth-order valence-corrected chi connectivity index (χ4v) is 4.76. The molecule has 0 bridgehead atoms. The van der Waals surface area contributed by atoms with E-state index >= 15 is 0 Å². The summed E-state index contributed by atoms with van der Waals surface area (Å²) < 4.78 is 6.22. The second-order valence-electron chi connectivity index (χ2n) is 7.52. The lowest BCUT2D eigenvalue weighted by Gasteiger charge is -2.23. The molecule has 7 heteroatoms. The highest BCUT2D eigenvalue weighted by atomic mass is 32.2. The van der Waals surface area contributed by atoms with E-state index in [1.165, 1.54) is 10.5 Å². The van der Waals surface area contributed by atoms with Gasteiger partial charge in [0.25, 0.3) is 5.91 Å². The summed E-state index contributed by atoms with van der Waals surface area (Å²) in [5, 5.41) is 9.84. The Morgan fingerprint density at radius 2 is 1.73 bits per heavy atom. The quantitative estimate of drug-likeness (QED) is 0.354. The summed E-state index contributed by atoms with van der Waals surface area (Å²) in [7, 11) is 0. The lowest BCUT2D eigenvalue weighted by Crippen LogP contribution is -2.37. The second kappa shape index (κ2) is 10.0.